The van der Waals surface area contributed by atoms with Crippen LogP contribution in [0.5, 0.6) is 0 Å². The summed E-state index contributed by atoms with van der Waals surface area (Å²) in [4.78, 5) is 19.7. The minimum absolute atomic E-state index is 0.188. The number of benzene rings is 1. The molecule has 100 valence electrons. The molecule has 2 N–H and O–H groups in total. The van der Waals surface area contributed by atoms with E-state index in [1.165, 1.54) is 18.6 Å². The van der Waals surface area contributed by atoms with Crippen LogP contribution in [0.3, 0.4) is 0 Å². The Labute approximate surface area is 120 Å². The number of aliphatic hydroxyl groups is 1. The first-order valence-corrected chi connectivity index (χ1v) is 6.05. The van der Waals surface area contributed by atoms with E-state index in [9.17, 15) is 4.79 Å². The van der Waals surface area contributed by atoms with Crippen molar-refractivity contribution in [3.63, 3.8) is 0 Å². The maximum absolute atomic E-state index is 12.0. The predicted octanol–water partition coefficient (Wildman–Crippen LogP) is 1.73. The van der Waals surface area contributed by atoms with Crippen molar-refractivity contribution < 1.29 is 9.90 Å². The molecule has 1 amide bonds. The number of aromatic nitrogens is 2. The number of carbonyl (C=O) groups is 1. The zero-order valence-electron chi connectivity index (χ0n) is 10.3. The molecule has 0 saturated heterocycles. The fraction of sp³-hybridized carbons (Fsp3) is 0.0714. The molecule has 0 bridgehead atoms. The number of anilines is 1. The first-order valence-electron chi connectivity index (χ1n) is 5.67. The van der Waals surface area contributed by atoms with Gasteiger partial charge < -0.3 is 10.4 Å². The topological polar surface area (TPSA) is 75.1 Å². The van der Waals surface area contributed by atoms with Gasteiger partial charge >= 0.3 is 0 Å². The third kappa shape index (κ3) is 3.54. The average Bonchev–Trinajstić information content (AvgIpc) is 2.47. The Kier molecular flexibility index (Phi) is 4.66. The van der Waals surface area contributed by atoms with E-state index >= 15 is 0 Å². The highest BCUT2D eigenvalue weighted by molar-refractivity contribution is 6.31. The van der Waals surface area contributed by atoms with Crippen LogP contribution in [0.2, 0.25) is 5.02 Å². The van der Waals surface area contributed by atoms with Crippen molar-refractivity contribution in [2.24, 2.45) is 0 Å². The highest BCUT2D eigenvalue weighted by Crippen LogP contribution is 2.20. The lowest BCUT2D eigenvalue weighted by Crippen LogP contribution is -2.14. The summed E-state index contributed by atoms with van der Waals surface area (Å²) in [5, 5.41) is 11.9. The van der Waals surface area contributed by atoms with E-state index in [1.54, 1.807) is 18.2 Å². The van der Waals surface area contributed by atoms with Crippen LogP contribution in [-0.4, -0.2) is 27.6 Å². The zero-order valence-corrected chi connectivity index (χ0v) is 11.1. The van der Waals surface area contributed by atoms with Crippen LogP contribution in [0.15, 0.2) is 36.8 Å². The van der Waals surface area contributed by atoms with Crippen molar-refractivity contribution in [1.29, 1.82) is 0 Å². The number of carbonyl (C=O) groups excluding carboxylic acids is 1. The third-order valence-corrected chi connectivity index (χ3v) is 2.56. The summed E-state index contributed by atoms with van der Waals surface area (Å²) in [6, 6.07) is 4.90. The number of halogens is 1. The van der Waals surface area contributed by atoms with E-state index in [0.717, 1.165) is 0 Å². The molecule has 20 heavy (non-hydrogen) atoms. The van der Waals surface area contributed by atoms with E-state index in [4.69, 9.17) is 16.7 Å². The first-order chi connectivity index (χ1) is 9.70. The van der Waals surface area contributed by atoms with Gasteiger partial charge in [0.15, 0.2) is 0 Å². The van der Waals surface area contributed by atoms with Gasteiger partial charge in [0.2, 0.25) is 0 Å². The molecule has 0 atom stereocenters. The van der Waals surface area contributed by atoms with Crippen molar-refractivity contribution in [3.05, 3.63) is 53.1 Å². The van der Waals surface area contributed by atoms with Crippen LogP contribution >= 0.6 is 11.6 Å². The highest BCUT2D eigenvalue weighted by Gasteiger charge is 2.10. The molecule has 0 unspecified atom stereocenters. The zero-order chi connectivity index (χ0) is 14.4. The second-order valence-electron chi connectivity index (χ2n) is 3.69. The molecule has 0 aliphatic rings. The minimum Gasteiger partial charge on any atom is -0.384 e. The van der Waals surface area contributed by atoms with Crippen molar-refractivity contribution in [1.82, 2.24) is 9.97 Å². The normalized spacial score (nSPS) is 9.50. The highest BCUT2D eigenvalue weighted by atomic mass is 35.5. The molecule has 1 aromatic heterocycles. The van der Waals surface area contributed by atoms with Gasteiger partial charge in [-0.3, -0.25) is 9.78 Å². The standard InChI is InChI=1S/C14H10ClN3O2/c15-11-4-3-10(2-1-7-19)12(8-11)18-14(20)13-9-16-5-6-17-13/h3-6,8-9,19H,7H2,(H,18,20). The molecule has 1 aromatic carbocycles. The molecule has 0 aliphatic carbocycles. The van der Waals surface area contributed by atoms with E-state index in [1.807, 2.05) is 0 Å². The maximum Gasteiger partial charge on any atom is 0.275 e. The molecular formula is C14H10ClN3O2. The Hall–Kier alpha value is -2.42. The maximum atomic E-state index is 12.0. The second kappa shape index (κ2) is 6.66. The van der Waals surface area contributed by atoms with Crippen LogP contribution < -0.4 is 5.32 Å². The molecule has 6 heteroatoms. The molecule has 2 rings (SSSR count). The molecule has 5 nitrogen and oxygen atoms in total. The van der Waals surface area contributed by atoms with Crippen LogP contribution in [0.25, 0.3) is 0 Å². The summed E-state index contributed by atoms with van der Waals surface area (Å²) in [5.74, 6) is 4.85. The van der Waals surface area contributed by atoms with E-state index in [0.29, 0.717) is 16.3 Å². The summed E-state index contributed by atoms with van der Waals surface area (Å²) in [5.41, 5.74) is 1.20. The Morgan fingerprint density at radius 1 is 1.40 bits per heavy atom. The third-order valence-electron chi connectivity index (χ3n) is 2.33. The Bertz CT molecular complexity index is 678. The van der Waals surface area contributed by atoms with E-state index < -0.39 is 5.91 Å². The second-order valence-corrected chi connectivity index (χ2v) is 4.13. The van der Waals surface area contributed by atoms with Crippen molar-refractivity contribution in [2.45, 2.75) is 0 Å². The van der Waals surface area contributed by atoms with Gasteiger partial charge in [0.1, 0.15) is 12.3 Å². The van der Waals surface area contributed by atoms with Crippen LogP contribution in [-0.2, 0) is 0 Å². The Morgan fingerprint density at radius 2 is 2.25 bits per heavy atom. The summed E-state index contributed by atoms with van der Waals surface area (Å²) in [7, 11) is 0. The monoisotopic (exact) mass is 287 g/mol. The average molecular weight is 288 g/mol. The molecule has 0 radical (unpaired) electrons. The quantitative estimate of drug-likeness (QED) is 0.825. The molecule has 0 spiro atoms. The molecule has 0 aliphatic heterocycles. The van der Waals surface area contributed by atoms with Gasteiger partial charge in [0, 0.05) is 23.0 Å². The first kappa shape index (κ1) is 14.0. The SMILES string of the molecule is O=C(Nc1cc(Cl)ccc1C#CCO)c1cnccn1. The van der Waals surface area contributed by atoms with Gasteiger partial charge in [-0.1, -0.05) is 23.4 Å². The number of hydrogen-bond donors (Lipinski definition) is 2. The van der Waals surface area contributed by atoms with Gasteiger partial charge in [0.25, 0.3) is 5.91 Å². The van der Waals surface area contributed by atoms with E-state index in [2.05, 4.69) is 27.1 Å². The lowest BCUT2D eigenvalue weighted by molar-refractivity contribution is 0.102. The number of hydrogen-bond acceptors (Lipinski definition) is 4. The Morgan fingerprint density at radius 3 is 2.95 bits per heavy atom. The molecule has 1 heterocycles. The lowest BCUT2D eigenvalue weighted by Gasteiger charge is -2.07. The largest absolute Gasteiger partial charge is 0.384 e. The predicted molar refractivity (Wildman–Crippen MR) is 75.4 cm³/mol. The smallest absolute Gasteiger partial charge is 0.275 e. The summed E-state index contributed by atoms with van der Waals surface area (Å²) < 4.78 is 0. The number of aliphatic hydroxyl groups excluding tert-OH is 1. The number of nitrogens with one attached hydrogen (secondary N) is 1. The molecule has 2 aromatic rings. The van der Waals surface area contributed by atoms with Gasteiger partial charge in [-0.15, -0.1) is 0 Å². The fourth-order valence-electron chi connectivity index (χ4n) is 1.47. The number of nitrogens with zero attached hydrogens (tertiary/aromatic N) is 2. The molecular weight excluding hydrogens is 278 g/mol. The van der Waals surface area contributed by atoms with Crippen molar-refractivity contribution in [3.8, 4) is 11.8 Å². The van der Waals surface area contributed by atoms with Gasteiger partial charge in [0.05, 0.1) is 11.9 Å². The lowest BCUT2D eigenvalue weighted by atomic mass is 10.1. The van der Waals surface area contributed by atoms with Crippen molar-refractivity contribution >= 4 is 23.2 Å². The minimum atomic E-state index is -0.410. The van der Waals surface area contributed by atoms with Crippen LogP contribution in [0, 0.1) is 11.8 Å². The van der Waals surface area contributed by atoms with E-state index in [-0.39, 0.29) is 12.3 Å². The van der Waals surface area contributed by atoms with Crippen molar-refractivity contribution in [2.75, 3.05) is 11.9 Å². The molecule has 0 saturated carbocycles. The van der Waals surface area contributed by atoms with Crippen LogP contribution in [0.1, 0.15) is 16.1 Å². The Balaban J connectivity index is 2.28. The number of amides is 1. The summed E-state index contributed by atoms with van der Waals surface area (Å²) >= 11 is 5.90. The van der Waals surface area contributed by atoms with Crippen LogP contribution in [0.4, 0.5) is 5.69 Å². The number of rotatable bonds is 2. The van der Waals surface area contributed by atoms with Gasteiger partial charge in [-0.05, 0) is 18.2 Å². The summed E-state index contributed by atoms with van der Waals surface area (Å²) in [6.45, 7) is -0.264. The van der Waals surface area contributed by atoms with Gasteiger partial charge in [-0.2, -0.15) is 0 Å². The summed E-state index contributed by atoms with van der Waals surface area (Å²) in [6.07, 6.45) is 4.27. The van der Waals surface area contributed by atoms with Gasteiger partial charge in [-0.25, -0.2) is 4.98 Å². The molecule has 0 fully saturated rings. The fourth-order valence-corrected chi connectivity index (χ4v) is 1.64.